The SMILES string of the molecule is COc1cccc(C(=O)CSc2nc3sc(-c4ccccc4)cc3c(=O)n2C)c1. The lowest BCUT2D eigenvalue weighted by Crippen LogP contribution is -2.19. The Kier molecular flexibility index (Phi) is 5.51. The van der Waals surface area contributed by atoms with Crippen LogP contribution in [-0.4, -0.2) is 28.2 Å². The van der Waals surface area contributed by atoms with E-state index in [9.17, 15) is 9.59 Å². The highest BCUT2D eigenvalue weighted by atomic mass is 32.2. The van der Waals surface area contributed by atoms with Crippen molar-refractivity contribution in [1.82, 2.24) is 9.55 Å². The van der Waals surface area contributed by atoms with E-state index < -0.39 is 0 Å². The number of thiophene rings is 1. The number of carbonyl (C=O) groups excluding carboxylic acids is 1. The molecule has 5 nitrogen and oxygen atoms in total. The van der Waals surface area contributed by atoms with Gasteiger partial charge in [0.05, 0.1) is 18.2 Å². The standard InChI is InChI=1S/C22H18N2O3S2/c1-24-21(26)17-12-19(14-7-4-3-5-8-14)29-20(17)23-22(24)28-13-18(25)15-9-6-10-16(11-15)27-2/h3-12H,13H2,1-2H3. The van der Waals surface area contributed by atoms with Crippen molar-refractivity contribution in [2.75, 3.05) is 12.9 Å². The minimum atomic E-state index is -0.107. The zero-order valence-corrected chi connectivity index (χ0v) is 17.5. The summed E-state index contributed by atoms with van der Waals surface area (Å²) < 4.78 is 6.68. The maximum Gasteiger partial charge on any atom is 0.262 e. The molecule has 2 aromatic carbocycles. The van der Waals surface area contributed by atoms with Crippen molar-refractivity contribution in [3.05, 3.63) is 76.6 Å². The van der Waals surface area contributed by atoms with E-state index in [-0.39, 0.29) is 17.1 Å². The van der Waals surface area contributed by atoms with E-state index in [0.29, 0.717) is 26.7 Å². The molecule has 0 aliphatic carbocycles. The molecular formula is C22H18N2O3S2. The number of benzene rings is 2. The number of carbonyl (C=O) groups is 1. The predicted octanol–water partition coefficient (Wildman–Crippen LogP) is 4.65. The van der Waals surface area contributed by atoms with Crippen LogP contribution in [0.15, 0.2) is 70.6 Å². The number of nitrogens with zero attached hydrogens (tertiary/aromatic N) is 2. The number of ether oxygens (including phenoxy) is 1. The van der Waals surface area contributed by atoms with E-state index in [1.54, 1.807) is 38.4 Å². The molecular weight excluding hydrogens is 404 g/mol. The van der Waals surface area contributed by atoms with Crippen molar-refractivity contribution in [3.8, 4) is 16.2 Å². The Morgan fingerprint density at radius 1 is 1.14 bits per heavy atom. The van der Waals surface area contributed by atoms with E-state index in [2.05, 4.69) is 4.98 Å². The van der Waals surface area contributed by atoms with Crippen LogP contribution in [0.2, 0.25) is 0 Å². The van der Waals surface area contributed by atoms with Crippen LogP contribution in [0.4, 0.5) is 0 Å². The Balaban J connectivity index is 1.61. The Labute approximate surface area is 176 Å². The maximum atomic E-state index is 12.8. The molecule has 0 N–H and O–H groups in total. The predicted molar refractivity (Wildman–Crippen MR) is 118 cm³/mol. The van der Waals surface area contributed by atoms with Crippen LogP contribution in [0.5, 0.6) is 5.75 Å². The van der Waals surface area contributed by atoms with Gasteiger partial charge in [-0.1, -0.05) is 54.2 Å². The molecule has 2 aromatic heterocycles. The molecule has 0 amide bonds. The minimum Gasteiger partial charge on any atom is -0.497 e. The van der Waals surface area contributed by atoms with Gasteiger partial charge in [-0.05, 0) is 23.8 Å². The van der Waals surface area contributed by atoms with E-state index in [4.69, 9.17) is 4.74 Å². The number of thioether (sulfide) groups is 1. The first-order chi connectivity index (χ1) is 14.1. The molecule has 0 aliphatic rings. The van der Waals surface area contributed by atoms with E-state index >= 15 is 0 Å². The van der Waals surface area contributed by atoms with Gasteiger partial charge in [0.25, 0.3) is 5.56 Å². The quantitative estimate of drug-likeness (QED) is 0.257. The minimum absolute atomic E-state index is 0.0422. The van der Waals surface area contributed by atoms with E-state index in [0.717, 1.165) is 10.4 Å². The molecule has 146 valence electrons. The highest BCUT2D eigenvalue weighted by molar-refractivity contribution is 7.99. The molecule has 0 unspecified atom stereocenters. The van der Waals surface area contributed by atoms with Gasteiger partial charge in [-0.3, -0.25) is 14.2 Å². The Morgan fingerprint density at radius 2 is 1.93 bits per heavy atom. The average Bonchev–Trinajstić information content (AvgIpc) is 3.20. The van der Waals surface area contributed by atoms with Crippen LogP contribution in [0.1, 0.15) is 10.4 Å². The molecule has 0 fully saturated rings. The Morgan fingerprint density at radius 3 is 2.69 bits per heavy atom. The molecule has 4 rings (SSSR count). The second-order valence-corrected chi connectivity index (χ2v) is 8.37. The molecule has 0 saturated carbocycles. The topological polar surface area (TPSA) is 61.2 Å². The molecule has 0 atom stereocenters. The lowest BCUT2D eigenvalue weighted by atomic mass is 10.1. The molecule has 2 heterocycles. The number of hydrogen-bond acceptors (Lipinski definition) is 6. The Hall–Kier alpha value is -2.90. The molecule has 29 heavy (non-hydrogen) atoms. The fourth-order valence-electron chi connectivity index (χ4n) is 2.93. The zero-order chi connectivity index (χ0) is 20.4. The monoisotopic (exact) mass is 422 g/mol. The van der Waals surface area contributed by atoms with Crippen molar-refractivity contribution in [2.45, 2.75) is 5.16 Å². The van der Waals surface area contributed by atoms with Gasteiger partial charge >= 0.3 is 0 Å². The van der Waals surface area contributed by atoms with Crippen molar-refractivity contribution in [2.24, 2.45) is 7.05 Å². The van der Waals surface area contributed by atoms with Gasteiger partial charge in [-0.15, -0.1) is 11.3 Å². The fourth-order valence-corrected chi connectivity index (χ4v) is 4.88. The maximum absolute atomic E-state index is 12.8. The van der Waals surface area contributed by atoms with E-state index in [1.165, 1.54) is 27.7 Å². The number of fused-ring (bicyclic) bond motifs is 1. The first kappa shape index (κ1) is 19.4. The second kappa shape index (κ2) is 8.23. The summed E-state index contributed by atoms with van der Waals surface area (Å²) in [6, 6.07) is 18.9. The zero-order valence-electron chi connectivity index (χ0n) is 15.9. The van der Waals surface area contributed by atoms with Crippen molar-refractivity contribution >= 4 is 39.1 Å². The van der Waals surface area contributed by atoms with E-state index in [1.807, 2.05) is 36.4 Å². The van der Waals surface area contributed by atoms with Gasteiger partial charge in [0.1, 0.15) is 10.6 Å². The normalized spacial score (nSPS) is 11.0. The van der Waals surface area contributed by atoms with Crippen LogP contribution in [0, 0.1) is 0 Å². The number of Topliss-reactive ketones (excluding diaryl/α,β-unsaturated/α-hetero) is 1. The van der Waals surface area contributed by atoms with Gasteiger partial charge in [-0.2, -0.15) is 0 Å². The highest BCUT2D eigenvalue weighted by Gasteiger charge is 2.15. The molecule has 4 aromatic rings. The van der Waals surface area contributed by atoms with Crippen LogP contribution < -0.4 is 10.3 Å². The van der Waals surface area contributed by atoms with Gasteiger partial charge in [0.2, 0.25) is 0 Å². The van der Waals surface area contributed by atoms with Gasteiger partial charge < -0.3 is 4.74 Å². The number of rotatable bonds is 6. The van der Waals surface area contributed by atoms with Gasteiger partial charge in [0, 0.05) is 17.5 Å². The first-order valence-corrected chi connectivity index (χ1v) is 10.7. The molecule has 0 saturated heterocycles. The first-order valence-electron chi connectivity index (χ1n) is 8.93. The fraction of sp³-hybridized carbons (Fsp3) is 0.136. The number of ketones is 1. The summed E-state index contributed by atoms with van der Waals surface area (Å²) in [5, 5.41) is 1.13. The molecule has 0 aliphatic heterocycles. The van der Waals surface area contributed by atoms with Gasteiger partial charge in [-0.25, -0.2) is 4.98 Å². The third kappa shape index (κ3) is 3.97. The summed E-state index contributed by atoms with van der Waals surface area (Å²) in [6.45, 7) is 0. The third-order valence-corrected chi connectivity index (χ3v) is 6.62. The van der Waals surface area contributed by atoms with Crippen LogP contribution in [0.3, 0.4) is 0 Å². The smallest absolute Gasteiger partial charge is 0.262 e. The van der Waals surface area contributed by atoms with Crippen molar-refractivity contribution in [1.29, 1.82) is 0 Å². The molecule has 7 heteroatoms. The summed E-state index contributed by atoms with van der Waals surface area (Å²) in [4.78, 5) is 31.7. The highest BCUT2D eigenvalue weighted by Crippen LogP contribution is 2.32. The van der Waals surface area contributed by atoms with Crippen molar-refractivity contribution in [3.63, 3.8) is 0 Å². The summed E-state index contributed by atoms with van der Waals surface area (Å²) >= 11 is 2.75. The molecule has 0 spiro atoms. The van der Waals surface area contributed by atoms with Crippen LogP contribution >= 0.6 is 23.1 Å². The largest absolute Gasteiger partial charge is 0.497 e. The summed E-state index contributed by atoms with van der Waals surface area (Å²) in [6.07, 6.45) is 0. The number of aromatic nitrogens is 2. The summed E-state index contributed by atoms with van der Waals surface area (Å²) in [5.41, 5.74) is 1.52. The lowest BCUT2D eigenvalue weighted by molar-refractivity contribution is 0.102. The number of hydrogen-bond donors (Lipinski definition) is 0. The van der Waals surface area contributed by atoms with Crippen LogP contribution in [-0.2, 0) is 7.05 Å². The third-order valence-electron chi connectivity index (χ3n) is 4.51. The lowest BCUT2D eigenvalue weighted by Gasteiger charge is -2.07. The average molecular weight is 423 g/mol. The summed E-state index contributed by atoms with van der Waals surface area (Å²) in [5.74, 6) is 0.787. The summed E-state index contributed by atoms with van der Waals surface area (Å²) in [7, 11) is 3.25. The number of methoxy groups -OCH3 is 1. The molecule has 0 radical (unpaired) electrons. The molecule has 0 bridgehead atoms. The second-order valence-electron chi connectivity index (χ2n) is 6.40. The van der Waals surface area contributed by atoms with Gasteiger partial charge in [0.15, 0.2) is 10.9 Å². The van der Waals surface area contributed by atoms with Crippen LogP contribution in [0.25, 0.3) is 20.7 Å². The van der Waals surface area contributed by atoms with Crippen molar-refractivity contribution < 1.29 is 9.53 Å². The Bertz CT molecular complexity index is 1250.